The van der Waals surface area contributed by atoms with Crippen LogP contribution in [0.5, 0.6) is 5.75 Å². The van der Waals surface area contributed by atoms with E-state index in [4.69, 9.17) is 9.47 Å². The molecule has 24 heavy (non-hydrogen) atoms. The highest BCUT2D eigenvalue weighted by Crippen LogP contribution is 2.16. The Morgan fingerprint density at radius 2 is 1.83 bits per heavy atom. The van der Waals surface area contributed by atoms with Crippen molar-refractivity contribution in [3.63, 3.8) is 0 Å². The number of carbonyl (C=O) groups is 2. The standard InChI is InChI=1S/C16H23NO6S/c1-4-22-16(19)12(2)17-15(18)6-5-11-23-13-7-9-14(10-8-13)24(3,20)21/h7-10,12H,4-6,11H2,1-3H3,(H,17,18). The van der Waals surface area contributed by atoms with Crippen LogP contribution in [0.3, 0.4) is 0 Å². The molecule has 0 spiro atoms. The Morgan fingerprint density at radius 1 is 1.21 bits per heavy atom. The zero-order valence-corrected chi connectivity index (χ0v) is 14.9. The lowest BCUT2D eigenvalue weighted by Gasteiger charge is -2.12. The molecule has 1 unspecified atom stereocenters. The average molecular weight is 357 g/mol. The van der Waals surface area contributed by atoms with Gasteiger partial charge in [-0.15, -0.1) is 0 Å². The van der Waals surface area contributed by atoms with Gasteiger partial charge in [0.2, 0.25) is 5.91 Å². The van der Waals surface area contributed by atoms with Crippen LogP contribution >= 0.6 is 0 Å². The monoisotopic (exact) mass is 357 g/mol. The van der Waals surface area contributed by atoms with Crippen LogP contribution in [0.15, 0.2) is 29.2 Å². The number of benzene rings is 1. The molecule has 0 radical (unpaired) electrons. The zero-order chi connectivity index (χ0) is 18.2. The molecule has 0 aliphatic heterocycles. The van der Waals surface area contributed by atoms with Gasteiger partial charge >= 0.3 is 5.97 Å². The van der Waals surface area contributed by atoms with Crippen LogP contribution in [0, 0.1) is 0 Å². The molecule has 0 saturated carbocycles. The normalized spacial score (nSPS) is 12.3. The molecule has 0 saturated heterocycles. The van der Waals surface area contributed by atoms with Gasteiger partial charge in [-0.05, 0) is 44.5 Å². The molecule has 8 heteroatoms. The fourth-order valence-electron chi connectivity index (χ4n) is 1.85. The first-order chi connectivity index (χ1) is 11.2. The molecule has 1 amide bonds. The van der Waals surface area contributed by atoms with Crippen LogP contribution in [0.4, 0.5) is 0 Å². The number of carbonyl (C=O) groups excluding carboxylic acids is 2. The van der Waals surface area contributed by atoms with Crippen LogP contribution < -0.4 is 10.1 Å². The third-order valence-corrected chi connectivity index (χ3v) is 4.21. The Kier molecular flexibility index (Phi) is 7.70. The Bertz CT molecular complexity index is 654. The number of hydrogen-bond acceptors (Lipinski definition) is 6. The van der Waals surface area contributed by atoms with Gasteiger partial charge < -0.3 is 14.8 Å². The first-order valence-corrected chi connectivity index (χ1v) is 9.52. The highest BCUT2D eigenvalue weighted by atomic mass is 32.2. The summed E-state index contributed by atoms with van der Waals surface area (Å²) in [5, 5.41) is 2.55. The third kappa shape index (κ3) is 6.99. The van der Waals surface area contributed by atoms with Gasteiger partial charge in [0.05, 0.1) is 18.1 Å². The molecule has 134 valence electrons. The van der Waals surface area contributed by atoms with Crippen molar-refractivity contribution in [2.24, 2.45) is 0 Å². The molecular formula is C16H23NO6S. The zero-order valence-electron chi connectivity index (χ0n) is 14.1. The molecule has 0 fully saturated rings. The van der Waals surface area contributed by atoms with Crippen LogP contribution in [0.1, 0.15) is 26.7 Å². The maximum Gasteiger partial charge on any atom is 0.328 e. The van der Waals surface area contributed by atoms with E-state index in [2.05, 4.69) is 5.32 Å². The Morgan fingerprint density at radius 3 is 2.38 bits per heavy atom. The van der Waals surface area contributed by atoms with Crippen LogP contribution in [-0.2, 0) is 24.2 Å². The van der Waals surface area contributed by atoms with Crippen LogP contribution in [-0.4, -0.2) is 45.8 Å². The van der Waals surface area contributed by atoms with Crippen molar-refractivity contribution < 1.29 is 27.5 Å². The topological polar surface area (TPSA) is 98.8 Å². The first kappa shape index (κ1) is 20.0. The molecule has 7 nitrogen and oxygen atoms in total. The van der Waals surface area contributed by atoms with Crippen LogP contribution in [0.25, 0.3) is 0 Å². The van der Waals surface area contributed by atoms with Crippen molar-refractivity contribution in [3.05, 3.63) is 24.3 Å². The number of amides is 1. The maximum atomic E-state index is 11.7. The predicted molar refractivity (Wildman–Crippen MR) is 88.5 cm³/mol. The third-order valence-electron chi connectivity index (χ3n) is 3.09. The van der Waals surface area contributed by atoms with Gasteiger partial charge in [0, 0.05) is 12.7 Å². The summed E-state index contributed by atoms with van der Waals surface area (Å²) in [4.78, 5) is 23.3. The summed E-state index contributed by atoms with van der Waals surface area (Å²) in [6.07, 6.45) is 1.82. The van der Waals surface area contributed by atoms with Gasteiger partial charge in [0.15, 0.2) is 9.84 Å². The van der Waals surface area contributed by atoms with Crippen molar-refractivity contribution in [2.45, 2.75) is 37.6 Å². The minimum absolute atomic E-state index is 0.213. The summed E-state index contributed by atoms with van der Waals surface area (Å²) >= 11 is 0. The van der Waals surface area contributed by atoms with Crippen molar-refractivity contribution in [2.75, 3.05) is 19.5 Å². The number of esters is 1. The maximum absolute atomic E-state index is 11.7. The second-order valence-electron chi connectivity index (χ2n) is 5.24. The van der Waals surface area contributed by atoms with E-state index >= 15 is 0 Å². The molecule has 0 aliphatic rings. The minimum Gasteiger partial charge on any atom is -0.494 e. The number of ether oxygens (including phenoxy) is 2. The second kappa shape index (κ2) is 9.27. The summed E-state index contributed by atoms with van der Waals surface area (Å²) in [6, 6.07) is 5.40. The molecule has 1 aromatic carbocycles. The number of hydrogen-bond donors (Lipinski definition) is 1. The van der Waals surface area contributed by atoms with Gasteiger partial charge in [-0.1, -0.05) is 0 Å². The van der Waals surface area contributed by atoms with Gasteiger partial charge in [0.25, 0.3) is 0 Å². The number of nitrogens with one attached hydrogen (secondary N) is 1. The van der Waals surface area contributed by atoms with Crippen molar-refractivity contribution >= 4 is 21.7 Å². The highest BCUT2D eigenvalue weighted by Gasteiger charge is 2.16. The Labute approximate surface area is 142 Å². The molecular weight excluding hydrogens is 334 g/mol. The molecule has 1 atom stereocenters. The summed E-state index contributed by atoms with van der Waals surface area (Å²) in [5.41, 5.74) is 0. The van der Waals surface area contributed by atoms with E-state index in [1.54, 1.807) is 26.0 Å². The molecule has 1 N–H and O–H groups in total. The van der Waals surface area contributed by atoms with Gasteiger partial charge in [-0.2, -0.15) is 0 Å². The highest BCUT2D eigenvalue weighted by molar-refractivity contribution is 7.90. The van der Waals surface area contributed by atoms with E-state index in [0.717, 1.165) is 6.26 Å². The van der Waals surface area contributed by atoms with E-state index in [0.29, 0.717) is 18.8 Å². The van der Waals surface area contributed by atoms with E-state index in [-0.39, 0.29) is 23.8 Å². The van der Waals surface area contributed by atoms with Crippen molar-refractivity contribution in [1.82, 2.24) is 5.32 Å². The van der Waals surface area contributed by atoms with E-state index in [9.17, 15) is 18.0 Å². The molecule has 0 bridgehead atoms. The lowest BCUT2D eigenvalue weighted by atomic mass is 10.2. The Balaban J connectivity index is 2.30. The predicted octanol–water partition coefficient (Wildman–Crippen LogP) is 1.32. The number of sulfone groups is 1. The Hall–Kier alpha value is -2.09. The largest absolute Gasteiger partial charge is 0.494 e. The molecule has 0 aliphatic carbocycles. The summed E-state index contributed by atoms with van der Waals surface area (Å²) in [7, 11) is -3.23. The van der Waals surface area contributed by atoms with E-state index in [1.807, 2.05) is 0 Å². The van der Waals surface area contributed by atoms with Crippen molar-refractivity contribution in [1.29, 1.82) is 0 Å². The van der Waals surface area contributed by atoms with Gasteiger partial charge in [-0.25, -0.2) is 13.2 Å². The average Bonchev–Trinajstić information content (AvgIpc) is 2.51. The SMILES string of the molecule is CCOC(=O)C(C)NC(=O)CCCOc1ccc(S(C)(=O)=O)cc1. The van der Waals surface area contributed by atoms with Crippen LogP contribution in [0.2, 0.25) is 0 Å². The molecule has 0 aromatic heterocycles. The summed E-state index contributed by atoms with van der Waals surface area (Å²) in [6.45, 7) is 3.84. The lowest BCUT2D eigenvalue weighted by molar-refractivity contribution is -0.146. The molecule has 0 heterocycles. The lowest BCUT2D eigenvalue weighted by Crippen LogP contribution is -2.39. The second-order valence-corrected chi connectivity index (χ2v) is 7.25. The molecule has 1 aromatic rings. The fraction of sp³-hybridized carbons (Fsp3) is 0.500. The quantitative estimate of drug-likeness (QED) is 0.529. The summed E-state index contributed by atoms with van der Waals surface area (Å²) in [5.74, 6) is -0.192. The first-order valence-electron chi connectivity index (χ1n) is 7.63. The van der Waals surface area contributed by atoms with Gasteiger partial charge in [-0.3, -0.25) is 4.79 Å². The summed E-state index contributed by atoms with van der Waals surface area (Å²) < 4.78 is 32.9. The van der Waals surface area contributed by atoms with E-state index < -0.39 is 21.8 Å². The smallest absolute Gasteiger partial charge is 0.328 e. The fourth-order valence-corrected chi connectivity index (χ4v) is 2.48. The van der Waals surface area contributed by atoms with Crippen molar-refractivity contribution in [3.8, 4) is 5.75 Å². The minimum atomic E-state index is -3.23. The van der Waals surface area contributed by atoms with Gasteiger partial charge in [0.1, 0.15) is 11.8 Å². The molecule has 1 rings (SSSR count). The number of rotatable bonds is 9. The van der Waals surface area contributed by atoms with E-state index in [1.165, 1.54) is 12.1 Å².